The number of nitrogens with one attached hydrogen (secondary N) is 1. The van der Waals surface area contributed by atoms with Gasteiger partial charge in [0.05, 0.1) is 14.2 Å². The Morgan fingerprint density at radius 1 is 0.738 bits per heavy atom. The van der Waals surface area contributed by atoms with E-state index in [1.54, 1.807) is 15.9 Å². The van der Waals surface area contributed by atoms with E-state index < -0.39 is 60.3 Å². The normalized spacial score (nSPS) is 19.0. The number of amides is 2. The van der Waals surface area contributed by atoms with Crippen LogP contribution in [-0.2, 0) is 48.6 Å². The number of hydrogen-bond donors (Lipinski definition) is 4. The predicted octanol–water partition coefficient (Wildman–Crippen LogP) is 4.67. The number of methoxy groups -OCH3 is 2. The molecule has 0 bridgehead atoms. The van der Waals surface area contributed by atoms with Crippen LogP contribution in [0.4, 0.5) is 19.8 Å². The molecule has 4 heterocycles. The number of esters is 2. The summed E-state index contributed by atoms with van der Waals surface area (Å²) in [6.45, 7) is 20.3. The van der Waals surface area contributed by atoms with E-state index in [0.29, 0.717) is 38.3 Å². The van der Waals surface area contributed by atoms with Gasteiger partial charge in [-0.25, -0.2) is 51.5 Å². The third kappa shape index (κ3) is 19.0. The molecule has 0 saturated carbocycles. The maximum Gasteiger partial charge on any atom is 0.410 e. The van der Waals surface area contributed by atoms with Gasteiger partial charge in [0, 0.05) is 24.2 Å². The average molecular weight is 961 g/mol. The first kappa shape index (κ1) is 56.4. The van der Waals surface area contributed by atoms with Crippen molar-refractivity contribution in [1.29, 1.82) is 0 Å². The summed E-state index contributed by atoms with van der Waals surface area (Å²) in [5, 5.41) is 12.0. The van der Waals surface area contributed by atoms with Crippen LogP contribution in [0.5, 0.6) is 0 Å². The van der Waals surface area contributed by atoms with Crippen molar-refractivity contribution in [1.82, 2.24) is 19.8 Å². The maximum atomic E-state index is 12.6. The minimum absolute atomic E-state index is 0.162. The molecule has 4 rings (SSSR count). The van der Waals surface area contributed by atoms with Gasteiger partial charge >= 0.3 is 24.1 Å². The first-order valence-electron chi connectivity index (χ1n) is 20.9. The smallest absolute Gasteiger partial charge is 0.410 e. The molecule has 23 heteroatoms. The van der Waals surface area contributed by atoms with Crippen molar-refractivity contribution in [2.45, 2.75) is 152 Å². The van der Waals surface area contributed by atoms with Gasteiger partial charge in [-0.3, -0.25) is 4.79 Å². The summed E-state index contributed by atoms with van der Waals surface area (Å²) in [4.78, 5) is 59.2. The molecule has 2 aliphatic heterocycles. The third-order valence-corrected chi connectivity index (χ3v) is 11.8. The predicted molar refractivity (Wildman–Crippen MR) is 239 cm³/mol. The summed E-state index contributed by atoms with van der Waals surface area (Å²) in [5.41, 5.74) is 4.07. The van der Waals surface area contributed by atoms with Gasteiger partial charge in [-0.05, 0) is 144 Å². The molecule has 2 saturated heterocycles. The number of carbonyl (C=O) groups excluding carboxylic acids is 4. The fraction of sp³-hybridized carbons (Fsp3) is 0.667. The SMILES string of the molecule is COC(=O)C(CC[C@@H]1CN(C(=O)OC(C)(C)C)C(C)(C)C1)Nc1cccc(S(N)(=O)=O)n1.COC(=O)C(N)CC[C@@H]1CN(C(=O)OC(C)(C)C)C(C)(C)C1.NS(=O)(=O)c1cccc(F)n1. The fourth-order valence-corrected chi connectivity index (χ4v) is 8.27. The van der Waals surface area contributed by atoms with Crippen molar-refractivity contribution < 1.29 is 59.4 Å². The number of likely N-dealkylation sites (tertiary alicyclic amines) is 2. The molecule has 2 aromatic heterocycles. The first-order chi connectivity index (χ1) is 29.6. The zero-order chi connectivity index (χ0) is 49.9. The largest absolute Gasteiger partial charge is 0.468 e. The zero-order valence-corrected chi connectivity index (χ0v) is 41.2. The number of primary sulfonamides is 2. The van der Waals surface area contributed by atoms with Crippen molar-refractivity contribution >= 4 is 50.0 Å². The molecule has 65 heavy (non-hydrogen) atoms. The molecule has 20 nitrogen and oxygen atoms in total. The summed E-state index contributed by atoms with van der Waals surface area (Å²) in [5.74, 6) is -1.06. The molecular weight excluding hydrogens is 892 g/mol. The van der Waals surface area contributed by atoms with Crippen LogP contribution in [0.1, 0.15) is 108 Å². The summed E-state index contributed by atoms with van der Waals surface area (Å²) >= 11 is 0. The third-order valence-electron chi connectivity index (χ3n) is 10.2. The van der Waals surface area contributed by atoms with Crippen LogP contribution in [0.3, 0.4) is 0 Å². The molecule has 2 fully saturated rings. The van der Waals surface area contributed by atoms with Crippen molar-refractivity contribution in [3.63, 3.8) is 0 Å². The van der Waals surface area contributed by atoms with E-state index in [9.17, 15) is 40.4 Å². The van der Waals surface area contributed by atoms with Gasteiger partial charge in [0.15, 0.2) is 10.1 Å². The van der Waals surface area contributed by atoms with Crippen LogP contribution in [0.2, 0.25) is 0 Å². The lowest BCUT2D eigenvalue weighted by atomic mass is 9.92. The highest BCUT2D eigenvalue weighted by atomic mass is 32.2. The highest BCUT2D eigenvalue weighted by Gasteiger charge is 2.44. The molecular formula is C42H69FN8O12S2. The van der Waals surface area contributed by atoms with Crippen molar-refractivity contribution in [2.75, 3.05) is 32.6 Å². The van der Waals surface area contributed by atoms with Gasteiger partial charge < -0.3 is 39.8 Å². The van der Waals surface area contributed by atoms with E-state index in [2.05, 4.69) is 25.2 Å². The molecule has 2 aromatic rings. The number of anilines is 1. The number of carbonyl (C=O) groups is 4. The Balaban J connectivity index is 0.000000377. The second kappa shape index (κ2) is 22.7. The molecule has 2 unspecified atom stereocenters. The van der Waals surface area contributed by atoms with Crippen molar-refractivity contribution in [3.05, 3.63) is 42.3 Å². The number of ether oxygens (including phenoxy) is 4. The lowest BCUT2D eigenvalue weighted by molar-refractivity contribution is -0.143. The van der Waals surface area contributed by atoms with Crippen molar-refractivity contribution in [2.24, 2.45) is 27.8 Å². The molecule has 0 spiro atoms. The Kier molecular flexibility index (Phi) is 19.7. The molecule has 0 radical (unpaired) electrons. The van der Waals surface area contributed by atoms with E-state index in [4.69, 9.17) is 25.1 Å². The van der Waals surface area contributed by atoms with Gasteiger partial charge in [0.1, 0.15) is 29.1 Å². The van der Waals surface area contributed by atoms with Gasteiger partial charge in [-0.1, -0.05) is 12.1 Å². The quantitative estimate of drug-likeness (QED) is 0.128. The molecule has 2 amide bonds. The zero-order valence-electron chi connectivity index (χ0n) is 39.5. The lowest BCUT2D eigenvalue weighted by Crippen LogP contribution is -2.45. The standard InChI is InChI=1S/C21H34N4O6S.C16H30N2O4.C5H5FN2O2S/c1-20(2,3)31-19(27)25-13-14(12-21(25,4)5)10-11-15(18(26)30-6)23-16-8-7-9-17(24-16)32(22,28)29;1-15(2,3)22-14(20)18-10-11(9-16(18,4)5)7-8-12(17)13(19)21-6;6-4-2-1-3-5(8-4)11(7,9)10/h7-9,14-15H,10-13H2,1-6H3,(H,23,24)(H2,22,28,29);11-12H,7-10,17H2,1-6H3;1-3H,(H2,7,9,10)/t14-,15?;11-,12?;/m00./s1. The number of pyridine rings is 2. The van der Waals surface area contributed by atoms with Crippen LogP contribution >= 0.6 is 0 Å². The second-order valence-electron chi connectivity index (χ2n) is 19.2. The van der Waals surface area contributed by atoms with Gasteiger partial charge in [-0.2, -0.15) is 4.39 Å². The van der Waals surface area contributed by atoms with Crippen LogP contribution in [0.15, 0.2) is 46.5 Å². The van der Waals surface area contributed by atoms with E-state index in [-0.39, 0.29) is 46.0 Å². The van der Waals surface area contributed by atoms with Gasteiger partial charge in [0.2, 0.25) is 5.95 Å². The van der Waals surface area contributed by atoms with Crippen LogP contribution in [-0.4, -0.2) is 122 Å². The van der Waals surface area contributed by atoms with E-state index in [1.807, 2.05) is 69.2 Å². The highest BCUT2D eigenvalue weighted by Crippen LogP contribution is 2.37. The number of nitrogens with two attached hydrogens (primary N) is 3. The topological polar surface area (TPSA) is 296 Å². The maximum absolute atomic E-state index is 12.6. The van der Waals surface area contributed by atoms with Crippen LogP contribution in [0, 0.1) is 17.8 Å². The summed E-state index contributed by atoms with van der Waals surface area (Å²) < 4.78 is 77.0. The Morgan fingerprint density at radius 2 is 1.15 bits per heavy atom. The lowest BCUT2D eigenvalue weighted by Gasteiger charge is -2.33. The number of rotatable bonds is 12. The fourth-order valence-electron chi connectivity index (χ4n) is 7.30. The number of nitrogens with zero attached hydrogens (tertiary/aromatic N) is 4. The van der Waals surface area contributed by atoms with Crippen molar-refractivity contribution in [3.8, 4) is 0 Å². The molecule has 368 valence electrons. The molecule has 7 N–H and O–H groups in total. The number of halogens is 1. The second-order valence-corrected chi connectivity index (χ2v) is 22.2. The molecule has 2 aliphatic rings. The molecule has 4 atom stereocenters. The first-order valence-corrected chi connectivity index (χ1v) is 24.0. The summed E-state index contributed by atoms with van der Waals surface area (Å²) in [6, 6.07) is 6.37. The highest BCUT2D eigenvalue weighted by molar-refractivity contribution is 7.89. The molecule has 0 aromatic carbocycles. The van der Waals surface area contributed by atoms with E-state index >= 15 is 0 Å². The molecule has 0 aliphatic carbocycles. The number of sulfonamides is 2. The van der Waals surface area contributed by atoms with Gasteiger partial charge in [-0.15, -0.1) is 0 Å². The van der Waals surface area contributed by atoms with Gasteiger partial charge in [0.25, 0.3) is 20.0 Å². The average Bonchev–Trinajstić information content (AvgIpc) is 3.66. The Morgan fingerprint density at radius 3 is 1.54 bits per heavy atom. The summed E-state index contributed by atoms with van der Waals surface area (Å²) in [6.07, 6.45) is 3.42. The van der Waals surface area contributed by atoms with E-state index in [1.165, 1.54) is 32.4 Å². The van der Waals surface area contributed by atoms with Crippen LogP contribution < -0.4 is 21.3 Å². The minimum Gasteiger partial charge on any atom is -0.468 e. The van der Waals surface area contributed by atoms with E-state index in [0.717, 1.165) is 31.4 Å². The minimum atomic E-state index is -3.97. The monoisotopic (exact) mass is 960 g/mol. The number of aromatic nitrogens is 2. The number of hydrogen-bond acceptors (Lipinski definition) is 16. The Hall–Kier alpha value is -4.71. The van der Waals surface area contributed by atoms with Crippen LogP contribution in [0.25, 0.3) is 0 Å². The summed E-state index contributed by atoms with van der Waals surface area (Å²) in [7, 11) is -5.22. The Labute approximate surface area is 382 Å². The Bertz CT molecular complexity index is 2180.